The Morgan fingerprint density at radius 2 is 0.806 bits per heavy atom. The lowest BCUT2D eigenvalue weighted by atomic mass is 10.0. The van der Waals surface area contributed by atoms with Crippen molar-refractivity contribution >= 4 is 13.7 Å². The first-order valence-corrected chi connectivity index (χ1v) is 31.0. The Bertz CT molecular complexity index is 1100. The second-order valence-corrected chi connectivity index (χ2v) is 23.2. The summed E-state index contributed by atoms with van der Waals surface area (Å²) in [5.74, 6) is -0.139. The minimum Gasteiger partial charge on any atom is -0.391 e. The van der Waals surface area contributed by atoms with E-state index in [0.29, 0.717) is 23.9 Å². The maximum absolute atomic E-state index is 13.0. The first kappa shape index (κ1) is 66.2. The summed E-state index contributed by atoms with van der Waals surface area (Å²) in [6.07, 6.45) is 61.4. The maximum Gasteiger partial charge on any atom is 0.472 e. The number of likely N-dealkylation sites (N-methyl/N-ethyl adjacent to an activating group) is 1. The van der Waals surface area contributed by atoms with Crippen molar-refractivity contribution in [2.45, 2.75) is 315 Å². The van der Waals surface area contributed by atoms with Gasteiger partial charge in [0.25, 0.3) is 0 Å². The van der Waals surface area contributed by atoms with Crippen LogP contribution in [0, 0.1) is 0 Å². The number of hydrogen-bond acceptors (Lipinski definition) is 5. The van der Waals surface area contributed by atoms with Crippen LogP contribution < -0.4 is 5.32 Å². The first-order valence-electron chi connectivity index (χ1n) is 29.6. The highest BCUT2D eigenvalue weighted by atomic mass is 31.2. The topological polar surface area (TPSA) is 105 Å². The zero-order chi connectivity index (χ0) is 49.2. The van der Waals surface area contributed by atoms with Crippen molar-refractivity contribution in [3.8, 4) is 0 Å². The van der Waals surface area contributed by atoms with Gasteiger partial charge in [0.15, 0.2) is 0 Å². The van der Waals surface area contributed by atoms with E-state index in [1.165, 1.54) is 238 Å². The number of phosphoric ester groups is 1. The number of rotatable bonds is 55. The van der Waals surface area contributed by atoms with E-state index in [4.69, 9.17) is 9.05 Å². The van der Waals surface area contributed by atoms with E-state index in [1.807, 2.05) is 21.1 Å². The van der Waals surface area contributed by atoms with E-state index in [9.17, 15) is 19.4 Å². The van der Waals surface area contributed by atoms with Crippen molar-refractivity contribution in [3.05, 3.63) is 12.2 Å². The zero-order valence-corrected chi connectivity index (χ0v) is 46.6. The molecule has 3 unspecified atom stereocenters. The Hall–Kier alpha value is -0.760. The second-order valence-electron chi connectivity index (χ2n) is 21.7. The molecular weight excluding hydrogens is 852 g/mol. The smallest absolute Gasteiger partial charge is 0.391 e. The summed E-state index contributed by atoms with van der Waals surface area (Å²) in [7, 11) is 1.63. The van der Waals surface area contributed by atoms with Gasteiger partial charge in [0.1, 0.15) is 13.2 Å². The number of aliphatic hydroxyl groups is 1. The fraction of sp³-hybridized carbons (Fsp3) is 0.948. The van der Waals surface area contributed by atoms with Gasteiger partial charge in [0, 0.05) is 6.42 Å². The number of quaternary nitrogens is 1. The molecule has 1 amide bonds. The van der Waals surface area contributed by atoms with Gasteiger partial charge in [-0.3, -0.25) is 13.8 Å². The van der Waals surface area contributed by atoms with Crippen molar-refractivity contribution in [2.75, 3.05) is 40.9 Å². The third kappa shape index (κ3) is 52.9. The minimum atomic E-state index is -4.32. The standard InChI is InChI=1S/C58H117N2O6P/c1-6-8-10-12-14-16-18-20-21-22-23-24-25-26-27-28-29-30-31-32-33-34-35-36-37-38-40-42-44-46-48-50-52-58(62)59-56(55-66-67(63,64)65-54-53-60(3,4)5)57(61)51-49-47-45-43-41-39-19-17-15-13-11-9-7-2/h26-27,56-57,61H,6-25,28-55H2,1-5H3,(H-,59,62,63,64)/p+1/b27-26-. The van der Waals surface area contributed by atoms with Crippen molar-refractivity contribution < 1.29 is 32.9 Å². The van der Waals surface area contributed by atoms with Crippen molar-refractivity contribution in [1.82, 2.24) is 5.32 Å². The molecule has 0 saturated carbocycles. The van der Waals surface area contributed by atoms with Gasteiger partial charge < -0.3 is 19.8 Å². The molecule has 0 saturated heterocycles. The molecule has 0 spiro atoms. The van der Waals surface area contributed by atoms with Crippen LogP contribution in [-0.2, 0) is 18.4 Å². The molecule has 0 fully saturated rings. The predicted octanol–water partition coefficient (Wildman–Crippen LogP) is 17.8. The van der Waals surface area contributed by atoms with Gasteiger partial charge >= 0.3 is 7.82 Å². The first-order chi connectivity index (χ1) is 32.5. The average Bonchev–Trinajstić information content (AvgIpc) is 3.29. The fourth-order valence-electron chi connectivity index (χ4n) is 9.10. The average molecular weight is 971 g/mol. The summed E-state index contributed by atoms with van der Waals surface area (Å²) in [6.45, 7) is 4.92. The predicted molar refractivity (Wildman–Crippen MR) is 291 cm³/mol. The highest BCUT2D eigenvalue weighted by Gasteiger charge is 2.28. The SMILES string of the molecule is CCCCCCCCCCCCCC/C=C\CCCCCCCCCCCCCCCCCCC(=O)NC(COP(=O)(O)OCC[N+](C)(C)C)C(O)CCCCCCCCCCCCCCC. The Balaban J connectivity index is 3.96. The summed E-state index contributed by atoms with van der Waals surface area (Å²) < 4.78 is 23.7. The molecule has 0 aliphatic carbocycles. The van der Waals surface area contributed by atoms with Gasteiger partial charge in [0.2, 0.25) is 5.91 Å². The largest absolute Gasteiger partial charge is 0.472 e. The molecule has 0 aliphatic rings. The maximum atomic E-state index is 13.0. The number of amides is 1. The van der Waals surface area contributed by atoms with Gasteiger partial charge in [-0.25, -0.2) is 4.57 Å². The van der Waals surface area contributed by atoms with E-state index in [0.717, 1.165) is 38.5 Å². The van der Waals surface area contributed by atoms with E-state index >= 15 is 0 Å². The van der Waals surface area contributed by atoms with Crippen molar-refractivity contribution in [2.24, 2.45) is 0 Å². The van der Waals surface area contributed by atoms with Crippen LogP contribution in [0.2, 0.25) is 0 Å². The Morgan fingerprint density at radius 1 is 0.493 bits per heavy atom. The number of unbranched alkanes of at least 4 members (excludes halogenated alkanes) is 40. The van der Waals surface area contributed by atoms with E-state index in [1.54, 1.807) is 0 Å². The third-order valence-electron chi connectivity index (χ3n) is 13.8. The number of carbonyl (C=O) groups is 1. The quantitative estimate of drug-likeness (QED) is 0.0243. The number of carbonyl (C=O) groups excluding carboxylic acids is 1. The molecule has 0 aliphatic heterocycles. The lowest BCUT2D eigenvalue weighted by Crippen LogP contribution is -2.46. The summed E-state index contributed by atoms with van der Waals surface area (Å²) in [5.41, 5.74) is 0. The molecule has 3 N–H and O–H groups in total. The van der Waals surface area contributed by atoms with Crippen LogP contribution in [0.1, 0.15) is 303 Å². The van der Waals surface area contributed by atoms with Gasteiger partial charge in [-0.05, 0) is 38.5 Å². The number of nitrogens with zero attached hydrogens (tertiary/aromatic N) is 1. The minimum absolute atomic E-state index is 0.0776. The van der Waals surface area contributed by atoms with Crippen LogP contribution in [0.3, 0.4) is 0 Å². The highest BCUT2D eigenvalue weighted by Crippen LogP contribution is 2.43. The highest BCUT2D eigenvalue weighted by molar-refractivity contribution is 7.47. The molecule has 0 aromatic heterocycles. The fourth-order valence-corrected chi connectivity index (χ4v) is 9.84. The lowest BCUT2D eigenvalue weighted by molar-refractivity contribution is -0.870. The van der Waals surface area contributed by atoms with Gasteiger partial charge in [-0.2, -0.15) is 0 Å². The number of aliphatic hydroxyl groups excluding tert-OH is 1. The summed E-state index contributed by atoms with van der Waals surface area (Å²) in [6, 6.07) is -0.756. The normalized spacial score (nSPS) is 14.0. The number of nitrogens with one attached hydrogen (secondary N) is 1. The van der Waals surface area contributed by atoms with E-state index in [2.05, 4.69) is 31.3 Å². The third-order valence-corrected chi connectivity index (χ3v) is 14.7. The molecule has 8 nitrogen and oxygen atoms in total. The van der Waals surface area contributed by atoms with Crippen LogP contribution in [0.25, 0.3) is 0 Å². The Labute approximate surface area is 418 Å². The number of allylic oxidation sites excluding steroid dienone is 2. The molecule has 3 atom stereocenters. The van der Waals surface area contributed by atoms with Crippen LogP contribution in [0.5, 0.6) is 0 Å². The number of phosphoric acid groups is 1. The molecular formula is C58H118N2O6P+. The molecule has 0 aromatic carbocycles. The molecule has 0 heterocycles. The van der Waals surface area contributed by atoms with Crippen LogP contribution in [-0.4, -0.2) is 73.4 Å². The molecule has 9 heteroatoms. The summed E-state index contributed by atoms with van der Waals surface area (Å²) in [4.78, 5) is 23.3. The zero-order valence-electron chi connectivity index (χ0n) is 45.7. The Kier molecular flexibility index (Phi) is 49.6. The second kappa shape index (κ2) is 50.2. The molecule has 67 heavy (non-hydrogen) atoms. The molecule has 0 bridgehead atoms. The molecule has 0 aromatic rings. The Morgan fingerprint density at radius 3 is 1.15 bits per heavy atom. The van der Waals surface area contributed by atoms with Crippen molar-refractivity contribution in [1.29, 1.82) is 0 Å². The van der Waals surface area contributed by atoms with Crippen LogP contribution >= 0.6 is 7.82 Å². The number of hydrogen-bond donors (Lipinski definition) is 3. The van der Waals surface area contributed by atoms with Crippen molar-refractivity contribution in [3.63, 3.8) is 0 Å². The summed E-state index contributed by atoms with van der Waals surface area (Å²) >= 11 is 0. The summed E-state index contributed by atoms with van der Waals surface area (Å²) in [5, 5.41) is 14.0. The monoisotopic (exact) mass is 970 g/mol. The molecule has 400 valence electrons. The van der Waals surface area contributed by atoms with Gasteiger partial charge in [-0.15, -0.1) is 0 Å². The molecule has 0 rings (SSSR count). The van der Waals surface area contributed by atoms with E-state index in [-0.39, 0.29) is 19.1 Å². The van der Waals surface area contributed by atoms with Crippen LogP contribution in [0.4, 0.5) is 0 Å². The van der Waals surface area contributed by atoms with Gasteiger partial charge in [0.05, 0.1) is 39.9 Å². The van der Waals surface area contributed by atoms with Gasteiger partial charge in [-0.1, -0.05) is 270 Å². The van der Waals surface area contributed by atoms with E-state index < -0.39 is 20.0 Å². The van der Waals surface area contributed by atoms with Crippen LogP contribution in [0.15, 0.2) is 12.2 Å². The lowest BCUT2D eigenvalue weighted by Gasteiger charge is -2.26. The molecule has 0 radical (unpaired) electrons.